The molecule has 2 heterocycles. The van der Waals surface area contributed by atoms with Crippen molar-refractivity contribution in [3.63, 3.8) is 0 Å². The second-order valence-corrected chi connectivity index (χ2v) is 3.17. The van der Waals surface area contributed by atoms with Crippen LogP contribution in [0.25, 0.3) is 11.2 Å². The normalized spacial score (nSPS) is 11.2. The number of aliphatic carboxylic acids is 1. The van der Waals surface area contributed by atoms with Gasteiger partial charge in [0.25, 0.3) is 0 Å². The van der Waals surface area contributed by atoms with Gasteiger partial charge in [-0.2, -0.15) is 0 Å². The molecule has 0 radical (unpaired) electrons. The van der Waals surface area contributed by atoms with E-state index in [1.807, 2.05) is 31.2 Å². The van der Waals surface area contributed by atoms with Crippen molar-refractivity contribution in [3.8, 4) is 0 Å². The molecule has 0 saturated carbocycles. The Morgan fingerprint density at radius 1 is 1.33 bits per heavy atom. The summed E-state index contributed by atoms with van der Waals surface area (Å²) in [5.74, 6) is -0.827. The first-order valence-electron chi connectivity index (χ1n) is 4.81. The van der Waals surface area contributed by atoms with Crippen LogP contribution in [-0.2, 0) is 4.79 Å². The highest BCUT2D eigenvalue weighted by molar-refractivity contribution is 5.85. The largest absolute Gasteiger partial charge is 0.478 e. The summed E-state index contributed by atoms with van der Waals surface area (Å²) in [7, 11) is 0. The number of carboxylic acids is 1. The predicted molar refractivity (Wildman–Crippen MR) is 59.1 cm³/mol. The SMILES string of the molecule is CCC=C(C)C(=O)O.c1cc2ccc1o2. The van der Waals surface area contributed by atoms with E-state index in [0.717, 1.165) is 17.6 Å². The van der Waals surface area contributed by atoms with Crippen molar-refractivity contribution in [3.05, 3.63) is 35.9 Å². The number of benzene rings is 1. The first-order chi connectivity index (χ1) is 7.13. The average molecular weight is 206 g/mol. The molecule has 0 aliphatic rings. The van der Waals surface area contributed by atoms with E-state index in [1.54, 1.807) is 13.0 Å². The average Bonchev–Trinajstić information content (AvgIpc) is 2.82. The molecule has 0 fully saturated rings. The van der Waals surface area contributed by atoms with Gasteiger partial charge in [0, 0.05) is 5.57 Å². The lowest BCUT2D eigenvalue weighted by Gasteiger charge is -1.87. The lowest BCUT2D eigenvalue weighted by atomic mass is 10.2. The quantitative estimate of drug-likeness (QED) is 0.767. The van der Waals surface area contributed by atoms with E-state index in [9.17, 15) is 4.79 Å². The van der Waals surface area contributed by atoms with Crippen LogP contribution in [0.5, 0.6) is 0 Å². The highest BCUT2D eigenvalue weighted by Crippen LogP contribution is 2.13. The third-order valence-corrected chi connectivity index (χ3v) is 1.91. The second kappa shape index (κ2) is 5.20. The van der Waals surface area contributed by atoms with Crippen molar-refractivity contribution in [1.82, 2.24) is 0 Å². The molecule has 3 heteroatoms. The first-order valence-corrected chi connectivity index (χ1v) is 4.81. The summed E-state index contributed by atoms with van der Waals surface area (Å²) in [6, 6.07) is 7.81. The number of furan rings is 2. The standard InChI is InChI=1S/C6H10O2.C6H4O/c1-3-4-5(2)6(7)8;1-2-6-4-3-5(1)7-6/h4H,3H2,1-2H3,(H,7,8);1-4H. The van der Waals surface area contributed by atoms with Crippen molar-refractivity contribution < 1.29 is 14.3 Å². The number of hydrogen-bond acceptors (Lipinski definition) is 2. The lowest BCUT2D eigenvalue weighted by Crippen LogP contribution is -1.94. The number of allylic oxidation sites excluding steroid dienone is 1. The highest BCUT2D eigenvalue weighted by atomic mass is 16.4. The summed E-state index contributed by atoms with van der Waals surface area (Å²) in [4.78, 5) is 10.0. The van der Waals surface area contributed by atoms with Crippen LogP contribution in [0.15, 0.2) is 40.3 Å². The van der Waals surface area contributed by atoms with Crippen LogP contribution in [0.1, 0.15) is 20.3 Å². The Hall–Kier alpha value is -1.77. The van der Waals surface area contributed by atoms with Crippen molar-refractivity contribution in [2.75, 3.05) is 0 Å². The zero-order chi connectivity index (χ0) is 11.3. The summed E-state index contributed by atoms with van der Waals surface area (Å²) >= 11 is 0. The minimum absolute atomic E-state index is 0.424. The van der Waals surface area contributed by atoms with Crippen LogP contribution in [0.2, 0.25) is 0 Å². The molecule has 15 heavy (non-hydrogen) atoms. The molecule has 0 amide bonds. The fourth-order valence-corrected chi connectivity index (χ4v) is 1.11. The van der Waals surface area contributed by atoms with Gasteiger partial charge in [-0.3, -0.25) is 0 Å². The zero-order valence-corrected chi connectivity index (χ0v) is 8.86. The maximum absolute atomic E-state index is 10.0. The zero-order valence-electron chi connectivity index (χ0n) is 8.86. The highest BCUT2D eigenvalue weighted by Gasteiger charge is 1.95. The maximum Gasteiger partial charge on any atom is 0.330 e. The number of hydrogen-bond donors (Lipinski definition) is 1. The van der Waals surface area contributed by atoms with Crippen molar-refractivity contribution in [2.24, 2.45) is 0 Å². The number of fused-ring (bicyclic) bond motifs is 2. The first kappa shape index (κ1) is 11.3. The summed E-state index contributed by atoms with van der Waals surface area (Å²) in [6.07, 6.45) is 2.47. The van der Waals surface area contributed by atoms with Crippen LogP contribution < -0.4 is 0 Å². The molecule has 2 rings (SSSR count). The fourth-order valence-electron chi connectivity index (χ4n) is 1.11. The van der Waals surface area contributed by atoms with E-state index in [0.29, 0.717) is 5.57 Å². The Balaban J connectivity index is 0.000000150. The molecule has 2 bridgehead atoms. The Bertz CT molecular complexity index is 394. The number of carboxylic acid groups (broad SMARTS) is 1. The molecule has 2 aromatic heterocycles. The minimum Gasteiger partial charge on any atom is -0.478 e. The molecule has 80 valence electrons. The summed E-state index contributed by atoms with van der Waals surface area (Å²) in [5.41, 5.74) is 2.36. The molecule has 0 unspecified atom stereocenters. The van der Waals surface area contributed by atoms with E-state index in [1.165, 1.54) is 0 Å². The molecule has 0 spiro atoms. The Morgan fingerprint density at radius 2 is 1.80 bits per heavy atom. The van der Waals surface area contributed by atoms with Gasteiger partial charge in [0.2, 0.25) is 0 Å². The molecule has 0 saturated heterocycles. The minimum atomic E-state index is -0.827. The Kier molecular flexibility index (Phi) is 3.92. The van der Waals surface area contributed by atoms with Crippen LogP contribution in [-0.4, -0.2) is 11.1 Å². The van der Waals surface area contributed by atoms with E-state index in [4.69, 9.17) is 9.52 Å². The number of carbonyl (C=O) groups is 1. The Morgan fingerprint density at radius 3 is 1.93 bits per heavy atom. The molecule has 1 N–H and O–H groups in total. The Labute approximate surface area is 88.3 Å². The molecule has 0 aliphatic heterocycles. The molecular weight excluding hydrogens is 192 g/mol. The molecule has 0 atom stereocenters. The summed E-state index contributed by atoms with van der Waals surface area (Å²) < 4.78 is 5.08. The van der Waals surface area contributed by atoms with E-state index in [2.05, 4.69) is 0 Å². The third-order valence-electron chi connectivity index (χ3n) is 1.91. The monoisotopic (exact) mass is 206 g/mol. The second-order valence-electron chi connectivity index (χ2n) is 3.17. The summed E-state index contributed by atoms with van der Waals surface area (Å²) in [6.45, 7) is 3.50. The fraction of sp³-hybridized carbons (Fsp3) is 0.250. The van der Waals surface area contributed by atoms with Gasteiger partial charge in [-0.05, 0) is 37.6 Å². The number of rotatable bonds is 2. The van der Waals surface area contributed by atoms with Gasteiger partial charge >= 0.3 is 5.97 Å². The smallest absolute Gasteiger partial charge is 0.330 e. The van der Waals surface area contributed by atoms with Crippen molar-refractivity contribution in [2.45, 2.75) is 20.3 Å². The van der Waals surface area contributed by atoms with E-state index in [-0.39, 0.29) is 0 Å². The van der Waals surface area contributed by atoms with E-state index >= 15 is 0 Å². The summed E-state index contributed by atoms with van der Waals surface area (Å²) in [5, 5.41) is 8.24. The van der Waals surface area contributed by atoms with Crippen LogP contribution in [0.3, 0.4) is 0 Å². The van der Waals surface area contributed by atoms with Crippen molar-refractivity contribution >= 4 is 17.1 Å². The third kappa shape index (κ3) is 3.46. The molecular formula is C12H14O3. The molecule has 0 aliphatic carbocycles. The lowest BCUT2D eigenvalue weighted by molar-refractivity contribution is -0.132. The maximum atomic E-state index is 10.0. The van der Waals surface area contributed by atoms with E-state index < -0.39 is 5.97 Å². The van der Waals surface area contributed by atoms with Gasteiger partial charge in [0.05, 0.1) is 0 Å². The van der Waals surface area contributed by atoms with Gasteiger partial charge in [0.1, 0.15) is 11.2 Å². The van der Waals surface area contributed by atoms with Crippen LogP contribution in [0, 0.1) is 0 Å². The van der Waals surface area contributed by atoms with Gasteiger partial charge < -0.3 is 9.52 Å². The van der Waals surface area contributed by atoms with Crippen LogP contribution in [0.4, 0.5) is 0 Å². The van der Waals surface area contributed by atoms with Crippen molar-refractivity contribution in [1.29, 1.82) is 0 Å². The molecule has 2 aromatic rings. The van der Waals surface area contributed by atoms with Gasteiger partial charge in [-0.15, -0.1) is 0 Å². The molecule has 3 nitrogen and oxygen atoms in total. The van der Waals surface area contributed by atoms with Gasteiger partial charge in [0.15, 0.2) is 0 Å². The van der Waals surface area contributed by atoms with Crippen LogP contribution >= 0.6 is 0 Å². The van der Waals surface area contributed by atoms with Gasteiger partial charge in [-0.25, -0.2) is 4.79 Å². The predicted octanol–water partition coefficient (Wildman–Crippen LogP) is 3.30. The molecule has 0 aromatic carbocycles. The van der Waals surface area contributed by atoms with Gasteiger partial charge in [-0.1, -0.05) is 13.0 Å². The topological polar surface area (TPSA) is 50.4 Å².